The van der Waals surface area contributed by atoms with Gasteiger partial charge < -0.3 is 9.80 Å². The predicted octanol–water partition coefficient (Wildman–Crippen LogP) is 15.6. The van der Waals surface area contributed by atoms with Gasteiger partial charge in [-0.15, -0.1) is 0 Å². The van der Waals surface area contributed by atoms with E-state index >= 15 is 0 Å². The molecule has 0 radical (unpaired) electrons. The summed E-state index contributed by atoms with van der Waals surface area (Å²) in [6.07, 6.45) is 0. The first-order chi connectivity index (χ1) is 31.8. The summed E-state index contributed by atoms with van der Waals surface area (Å²) in [4.78, 5) is 5.19. The van der Waals surface area contributed by atoms with Crippen molar-refractivity contribution in [2.45, 2.75) is 105 Å². The molecule has 0 aromatic heterocycles. The summed E-state index contributed by atoms with van der Waals surface area (Å²) >= 11 is 0. The molecule has 0 fully saturated rings. The maximum atomic E-state index is 2.60. The van der Waals surface area contributed by atoms with Crippen molar-refractivity contribution in [2.24, 2.45) is 0 Å². The van der Waals surface area contributed by atoms with Gasteiger partial charge in [-0.05, 0) is 149 Å². The van der Waals surface area contributed by atoms with Crippen molar-refractivity contribution in [1.82, 2.24) is 0 Å². The van der Waals surface area contributed by atoms with Gasteiger partial charge in [0.15, 0.2) is 0 Å². The van der Waals surface area contributed by atoms with E-state index in [-0.39, 0.29) is 28.4 Å². The van der Waals surface area contributed by atoms with Crippen LogP contribution in [0.2, 0.25) is 0 Å². The molecule has 8 aromatic carbocycles. The van der Waals surface area contributed by atoms with Gasteiger partial charge in [0.05, 0.1) is 5.69 Å². The van der Waals surface area contributed by atoms with Crippen molar-refractivity contribution in [3.63, 3.8) is 0 Å². The SMILES string of the molecule is Cc1cc2c3c(c1)N(c1ccc(C(C)(C)C)cc1-c1ccccc1)c1ccc(C(C)(C)C)cc1B3c1ccc(C(C)(C)C)cc1N2c1ccc(-c2cccc3c2-c2ccccc2C3(C)C)cc1. The van der Waals surface area contributed by atoms with E-state index < -0.39 is 0 Å². The zero-order valence-electron chi connectivity index (χ0n) is 41.6. The summed E-state index contributed by atoms with van der Waals surface area (Å²) in [5.74, 6) is 0. The van der Waals surface area contributed by atoms with Crippen LogP contribution in [0.3, 0.4) is 0 Å². The van der Waals surface area contributed by atoms with Gasteiger partial charge in [-0.2, -0.15) is 0 Å². The topological polar surface area (TPSA) is 6.48 Å². The van der Waals surface area contributed by atoms with Crippen molar-refractivity contribution in [2.75, 3.05) is 9.80 Å². The van der Waals surface area contributed by atoms with Crippen LogP contribution in [0.25, 0.3) is 33.4 Å². The van der Waals surface area contributed by atoms with Crippen molar-refractivity contribution in [3.8, 4) is 33.4 Å². The Bertz CT molecular complexity index is 3280. The van der Waals surface area contributed by atoms with E-state index in [2.05, 4.69) is 257 Å². The highest BCUT2D eigenvalue weighted by Gasteiger charge is 2.45. The molecular weight excluding hydrogens is 808 g/mol. The van der Waals surface area contributed by atoms with Gasteiger partial charge in [0.1, 0.15) is 0 Å². The molecule has 0 N–H and O–H groups in total. The fourth-order valence-electron chi connectivity index (χ4n) is 11.4. The molecule has 11 rings (SSSR count). The first-order valence-electron chi connectivity index (χ1n) is 24.4. The average Bonchev–Trinajstić information content (AvgIpc) is 3.53. The van der Waals surface area contributed by atoms with E-state index in [0.717, 1.165) is 5.69 Å². The Balaban J connectivity index is 1.17. The van der Waals surface area contributed by atoms with Crippen molar-refractivity contribution in [3.05, 3.63) is 197 Å². The van der Waals surface area contributed by atoms with Crippen LogP contribution in [0.5, 0.6) is 0 Å². The second kappa shape index (κ2) is 15.0. The Labute approximate surface area is 400 Å². The molecule has 67 heavy (non-hydrogen) atoms. The lowest BCUT2D eigenvalue weighted by Crippen LogP contribution is -2.61. The molecule has 2 nitrogen and oxygen atoms in total. The second-order valence-electron chi connectivity index (χ2n) is 23.2. The number of benzene rings is 8. The van der Waals surface area contributed by atoms with Crippen LogP contribution in [0, 0.1) is 6.92 Å². The molecule has 0 saturated heterocycles. The highest BCUT2D eigenvalue weighted by atomic mass is 15.2. The molecule has 0 saturated carbocycles. The largest absolute Gasteiger partial charge is 0.311 e. The first kappa shape index (κ1) is 43.0. The zero-order valence-corrected chi connectivity index (χ0v) is 41.6. The number of rotatable bonds is 4. The quantitative estimate of drug-likeness (QED) is 0.163. The average molecular weight is 871 g/mol. The van der Waals surface area contributed by atoms with Gasteiger partial charge >= 0.3 is 0 Å². The Morgan fingerprint density at radius 2 is 0.955 bits per heavy atom. The van der Waals surface area contributed by atoms with Crippen LogP contribution < -0.4 is 26.2 Å². The molecule has 1 aliphatic carbocycles. The molecule has 2 heterocycles. The van der Waals surface area contributed by atoms with E-state index in [0.29, 0.717) is 0 Å². The molecule has 0 unspecified atom stereocenters. The first-order valence-corrected chi connectivity index (χ1v) is 24.4. The van der Waals surface area contributed by atoms with Crippen LogP contribution >= 0.6 is 0 Å². The molecule has 0 bridgehead atoms. The number of hydrogen-bond acceptors (Lipinski definition) is 2. The lowest BCUT2D eigenvalue weighted by Gasteiger charge is -2.45. The summed E-state index contributed by atoms with van der Waals surface area (Å²) < 4.78 is 0. The van der Waals surface area contributed by atoms with E-state index in [4.69, 9.17) is 0 Å². The second-order valence-corrected chi connectivity index (χ2v) is 23.2. The minimum atomic E-state index is -0.0540. The number of anilines is 6. The van der Waals surface area contributed by atoms with Crippen LogP contribution in [0.4, 0.5) is 34.1 Å². The Kier molecular flexibility index (Phi) is 9.61. The molecule has 2 aliphatic heterocycles. The van der Waals surface area contributed by atoms with Crippen LogP contribution in [0.15, 0.2) is 164 Å². The normalized spacial score (nSPS) is 14.6. The number of hydrogen-bond donors (Lipinski definition) is 0. The maximum Gasteiger partial charge on any atom is 0.252 e. The number of nitrogens with zero attached hydrogens (tertiary/aromatic N) is 2. The highest BCUT2D eigenvalue weighted by molar-refractivity contribution is 7.00. The molecule has 3 heteroatoms. The molecule has 332 valence electrons. The summed E-state index contributed by atoms with van der Waals surface area (Å²) in [6.45, 7) is 28.0. The van der Waals surface area contributed by atoms with Crippen molar-refractivity contribution < 1.29 is 0 Å². The van der Waals surface area contributed by atoms with Gasteiger partial charge in [-0.1, -0.05) is 191 Å². The third kappa shape index (κ3) is 6.83. The van der Waals surface area contributed by atoms with E-state index in [1.54, 1.807) is 0 Å². The van der Waals surface area contributed by atoms with Gasteiger partial charge in [-0.3, -0.25) is 0 Å². The molecule has 8 aromatic rings. The van der Waals surface area contributed by atoms with E-state index in [1.165, 1.54) is 112 Å². The lowest BCUT2D eigenvalue weighted by atomic mass is 9.33. The van der Waals surface area contributed by atoms with Gasteiger partial charge in [0, 0.05) is 39.4 Å². The third-order valence-corrected chi connectivity index (χ3v) is 15.2. The summed E-state index contributed by atoms with van der Waals surface area (Å²) in [7, 11) is 0. The van der Waals surface area contributed by atoms with Crippen LogP contribution in [-0.4, -0.2) is 6.71 Å². The fraction of sp³-hybridized carbons (Fsp3) is 0.250. The highest BCUT2D eigenvalue weighted by Crippen LogP contribution is 2.53. The van der Waals surface area contributed by atoms with Gasteiger partial charge in [0.2, 0.25) is 0 Å². The smallest absolute Gasteiger partial charge is 0.252 e. The summed E-state index contributed by atoms with van der Waals surface area (Å²) in [6, 6.07) is 63.1. The minimum Gasteiger partial charge on any atom is -0.311 e. The Morgan fingerprint density at radius 3 is 1.64 bits per heavy atom. The Morgan fingerprint density at radius 1 is 0.403 bits per heavy atom. The Hall–Kier alpha value is -6.58. The monoisotopic (exact) mass is 871 g/mol. The lowest BCUT2D eigenvalue weighted by molar-refractivity contribution is 0.590. The van der Waals surface area contributed by atoms with Gasteiger partial charge in [-0.25, -0.2) is 0 Å². The molecule has 0 atom stereocenters. The number of fused-ring (bicyclic) bond motifs is 7. The van der Waals surface area contributed by atoms with E-state index in [9.17, 15) is 0 Å². The molecule has 0 amide bonds. The molecular formula is C64H63BN2. The van der Waals surface area contributed by atoms with Gasteiger partial charge in [0.25, 0.3) is 6.71 Å². The molecule has 0 spiro atoms. The maximum absolute atomic E-state index is 2.60. The van der Waals surface area contributed by atoms with Crippen LogP contribution in [0.1, 0.15) is 110 Å². The van der Waals surface area contributed by atoms with Crippen molar-refractivity contribution in [1.29, 1.82) is 0 Å². The van der Waals surface area contributed by atoms with E-state index in [1.807, 2.05) is 0 Å². The summed E-state index contributed by atoms with van der Waals surface area (Å²) in [5, 5.41) is 0. The zero-order chi connectivity index (χ0) is 46.9. The van der Waals surface area contributed by atoms with Crippen molar-refractivity contribution >= 4 is 57.2 Å². The minimum absolute atomic E-state index is 0.00955. The number of aryl methyl sites for hydroxylation is 1. The fourth-order valence-corrected chi connectivity index (χ4v) is 11.4. The third-order valence-electron chi connectivity index (χ3n) is 15.2. The van der Waals surface area contributed by atoms with Crippen LogP contribution in [-0.2, 0) is 21.7 Å². The summed E-state index contributed by atoms with van der Waals surface area (Å²) in [5.41, 5.74) is 27.0. The predicted molar refractivity (Wildman–Crippen MR) is 290 cm³/mol. The molecule has 3 aliphatic rings. The standard InChI is InChI=1S/C64H63BN2/c1-40-35-57-60-58(36-40)67(54-33-28-43(61(2,3)4)37-49(54)41-19-14-13-15-20-41)55-34-29-44(62(5,6)7)38-53(55)65(60)52-32-27-45(63(8,9)10)39-56(52)66(57)46-30-25-42(26-31-46)47-22-18-24-51-59(47)48-21-16-17-23-50(48)64(51,11)12/h13-39H,1-12H3.